The average Bonchev–Trinajstić information content (AvgIpc) is 2.40. The van der Waals surface area contributed by atoms with Gasteiger partial charge in [0.05, 0.1) is 0 Å². The van der Waals surface area contributed by atoms with Gasteiger partial charge in [-0.3, -0.25) is 10.0 Å². The first-order valence-corrected chi connectivity index (χ1v) is 5.42. The highest BCUT2D eigenvalue weighted by atomic mass is 16.5. The van der Waals surface area contributed by atoms with E-state index in [1.807, 2.05) is 7.05 Å². The second-order valence-corrected chi connectivity index (χ2v) is 4.44. The zero-order valence-corrected chi connectivity index (χ0v) is 9.55. The van der Waals surface area contributed by atoms with E-state index in [0.717, 1.165) is 25.9 Å². The number of hydrogen-bond donors (Lipinski definition) is 3. The molecule has 1 aliphatic heterocycles. The molecule has 5 heteroatoms. The lowest BCUT2D eigenvalue weighted by molar-refractivity contribution is -0.131. The number of hydroxylamine groups is 1. The van der Waals surface area contributed by atoms with Crippen LogP contribution in [0.3, 0.4) is 0 Å². The van der Waals surface area contributed by atoms with Gasteiger partial charge >= 0.3 is 0 Å². The second-order valence-electron chi connectivity index (χ2n) is 4.44. The van der Waals surface area contributed by atoms with Gasteiger partial charge in [-0.05, 0) is 33.5 Å². The molecule has 3 N–H and O–H groups in total. The summed E-state index contributed by atoms with van der Waals surface area (Å²) < 4.78 is 0. The minimum absolute atomic E-state index is 0.196. The van der Waals surface area contributed by atoms with Gasteiger partial charge in [0.25, 0.3) is 0 Å². The fraction of sp³-hybridized carbons (Fsp3) is 0.900. The molecule has 0 saturated carbocycles. The Kier molecular flexibility index (Phi) is 4.50. The van der Waals surface area contributed by atoms with Crippen molar-refractivity contribution in [1.29, 1.82) is 0 Å². The van der Waals surface area contributed by atoms with Crippen LogP contribution in [0.5, 0.6) is 0 Å². The van der Waals surface area contributed by atoms with Crippen molar-refractivity contribution in [3.05, 3.63) is 0 Å². The molecule has 0 aliphatic carbocycles. The van der Waals surface area contributed by atoms with E-state index >= 15 is 0 Å². The Morgan fingerprint density at radius 1 is 1.53 bits per heavy atom. The second kappa shape index (κ2) is 5.44. The van der Waals surface area contributed by atoms with Gasteiger partial charge in [-0.2, -0.15) is 0 Å². The molecular weight excluding hydrogens is 194 g/mol. The van der Waals surface area contributed by atoms with E-state index in [4.69, 9.17) is 5.21 Å². The number of amides is 1. The molecule has 1 fully saturated rings. The molecule has 5 nitrogen and oxygen atoms in total. The van der Waals surface area contributed by atoms with Crippen molar-refractivity contribution < 1.29 is 10.0 Å². The van der Waals surface area contributed by atoms with Crippen LogP contribution in [0.15, 0.2) is 0 Å². The summed E-state index contributed by atoms with van der Waals surface area (Å²) in [5.74, 6) is -0.320. The molecule has 0 aromatic heterocycles. The molecule has 1 amide bonds. The first-order chi connectivity index (χ1) is 7.12. The molecular formula is C10H21N3O2. The van der Waals surface area contributed by atoms with E-state index in [1.165, 1.54) is 6.42 Å². The molecule has 0 aromatic rings. The maximum atomic E-state index is 11.2. The van der Waals surface area contributed by atoms with Crippen LogP contribution in [-0.4, -0.2) is 48.7 Å². The van der Waals surface area contributed by atoms with Crippen LogP contribution in [0.4, 0.5) is 0 Å². The minimum Gasteiger partial charge on any atom is -0.313 e. The molecule has 1 unspecified atom stereocenters. The normalized spacial score (nSPS) is 28.5. The number of carbonyl (C=O) groups excluding carboxylic acids is 1. The Labute approximate surface area is 90.8 Å². The van der Waals surface area contributed by atoms with E-state index in [0.29, 0.717) is 6.42 Å². The average molecular weight is 215 g/mol. The highest BCUT2D eigenvalue weighted by Gasteiger charge is 2.33. The number of rotatable bonds is 3. The maximum Gasteiger partial charge on any atom is 0.245 e. The van der Waals surface area contributed by atoms with Gasteiger partial charge in [-0.15, -0.1) is 0 Å². The lowest BCUT2D eigenvalue weighted by Gasteiger charge is -2.34. The summed E-state index contributed by atoms with van der Waals surface area (Å²) >= 11 is 0. The molecule has 1 aliphatic rings. The Bertz CT molecular complexity index is 223. The van der Waals surface area contributed by atoms with Crippen LogP contribution in [0.2, 0.25) is 0 Å². The molecule has 1 heterocycles. The van der Waals surface area contributed by atoms with E-state index in [2.05, 4.69) is 17.3 Å². The molecule has 0 bridgehead atoms. The SMILES string of the molecule is CNC1(CC(=O)NO)CCCCN(C)C1. The third-order valence-corrected chi connectivity index (χ3v) is 3.17. The van der Waals surface area contributed by atoms with Gasteiger partial charge in [0.2, 0.25) is 5.91 Å². The van der Waals surface area contributed by atoms with Gasteiger partial charge < -0.3 is 10.2 Å². The van der Waals surface area contributed by atoms with Crippen LogP contribution in [0, 0.1) is 0 Å². The summed E-state index contributed by atoms with van der Waals surface area (Å²) in [5.41, 5.74) is 1.51. The summed E-state index contributed by atoms with van der Waals surface area (Å²) in [4.78, 5) is 13.5. The summed E-state index contributed by atoms with van der Waals surface area (Å²) in [6.45, 7) is 1.92. The van der Waals surface area contributed by atoms with Gasteiger partial charge in [-0.25, -0.2) is 5.48 Å². The Balaban J connectivity index is 2.67. The number of likely N-dealkylation sites (tertiary alicyclic amines) is 1. The molecule has 0 spiro atoms. The van der Waals surface area contributed by atoms with Gasteiger partial charge in [0.15, 0.2) is 0 Å². The van der Waals surface area contributed by atoms with E-state index in [9.17, 15) is 4.79 Å². The molecule has 1 saturated heterocycles. The van der Waals surface area contributed by atoms with E-state index < -0.39 is 0 Å². The largest absolute Gasteiger partial charge is 0.313 e. The fourth-order valence-corrected chi connectivity index (χ4v) is 2.30. The first kappa shape index (κ1) is 12.4. The van der Waals surface area contributed by atoms with Crippen molar-refractivity contribution >= 4 is 5.91 Å². The zero-order chi connectivity index (χ0) is 11.3. The van der Waals surface area contributed by atoms with E-state index in [1.54, 1.807) is 5.48 Å². The van der Waals surface area contributed by atoms with Crippen molar-refractivity contribution in [2.45, 2.75) is 31.2 Å². The zero-order valence-electron chi connectivity index (χ0n) is 9.55. The van der Waals surface area contributed by atoms with Crippen molar-refractivity contribution in [3.8, 4) is 0 Å². The smallest absolute Gasteiger partial charge is 0.245 e. The number of nitrogens with one attached hydrogen (secondary N) is 2. The first-order valence-electron chi connectivity index (χ1n) is 5.42. The highest BCUT2D eigenvalue weighted by molar-refractivity contribution is 5.76. The summed E-state index contributed by atoms with van der Waals surface area (Å²) in [6, 6.07) is 0. The molecule has 0 aromatic carbocycles. The van der Waals surface area contributed by atoms with Gasteiger partial charge in [-0.1, -0.05) is 6.42 Å². The number of hydrogen-bond acceptors (Lipinski definition) is 4. The predicted octanol–water partition coefficient (Wildman–Crippen LogP) is -0.0442. The molecule has 0 radical (unpaired) electrons. The van der Waals surface area contributed by atoms with Crippen LogP contribution >= 0.6 is 0 Å². The standard InChI is InChI=1S/C10H21N3O2/c1-11-10(7-9(14)12-15)5-3-4-6-13(2)8-10/h11,15H,3-8H2,1-2H3,(H,12,14). The highest BCUT2D eigenvalue weighted by Crippen LogP contribution is 2.23. The molecule has 88 valence electrons. The monoisotopic (exact) mass is 215 g/mol. The van der Waals surface area contributed by atoms with Gasteiger partial charge in [0.1, 0.15) is 0 Å². The van der Waals surface area contributed by atoms with Crippen molar-refractivity contribution in [2.24, 2.45) is 0 Å². The quantitative estimate of drug-likeness (QED) is 0.456. The van der Waals surface area contributed by atoms with Crippen LogP contribution < -0.4 is 10.8 Å². The Morgan fingerprint density at radius 3 is 2.87 bits per heavy atom. The van der Waals surface area contributed by atoms with Crippen molar-refractivity contribution in [1.82, 2.24) is 15.7 Å². The fourth-order valence-electron chi connectivity index (χ4n) is 2.30. The third-order valence-electron chi connectivity index (χ3n) is 3.17. The minimum atomic E-state index is -0.320. The summed E-state index contributed by atoms with van der Waals surface area (Å²) in [7, 11) is 3.94. The van der Waals surface area contributed by atoms with Gasteiger partial charge in [0, 0.05) is 18.5 Å². The van der Waals surface area contributed by atoms with Crippen LogP contribution in [0.25, 0.3) is 0 Å². The number of carbonyl (C=O) groups is 1. The lowest BCUT2D eigenvalue weighted by Crippen LogP contribution is -2.52. The molecule has 1 rings (SSSR count). The predicted molar refractivity (Wildman–Crippen MR) is 57.7 cm³/mol. The number of likely N-dealkylation sites (N-methyl/N-ethyl adjacent to an activating group) is 2. The Morgan fingerprint density at radius 2 is 2.27 bits per heavy atom. The number of nitrogens with zero attached hydrogens (tertiary/aromatic N) is 1. The van der Waals surface area contributed by atoms with Crippen LogP contribution in [0.1, 0.15) is 25.7 Å². The van der Waals surface area contributed by atoms with Crippen molar-refractivity contribution in [2.75, 3.05) is 27.2 Å². The van der Waals surface area contributed by atoms with Crippen LogP contribution in [-0.2, 0) is 4.79 Å². The summed E-state index contributed by atoms with van der Waals surface area (Å²) in [6.07, 6.45) is 3.58. The third kappa shape index (κ3) is 3.44. The Hall–Kier alpha value is -0.650. The molecule has 1 atom stereocenters. The summed E-state index contributed by atoms with van der Waals surface area (Å²) in [5, 5.41) is 11.8. The molecule has 15 heavy (non-hydrogen) atoms. The topological polar surface area (TPSA) is 64.6 Å². The maximum absolute atomic E-state index is 11.2. The van der Waals surface area contributed by atoms with Crippen molar-refractivity contribution in [3.63, 3.8) is 0 Å². The van der Waals surface area contributed by atoms with E-state index in [-0.39, 0.29) is 11.4 Å². The lowest BCUT2D eigenvalue weighted by atomic mass is 9.89.